The predicted molar refractivity (Wildman–Crippen MR) is 101 cm³/mol. The van der Waals surface area contributed by atoms with E-state index in [4.69, 9.17) is 0 Å². The molecular weight excluding hydrogens is 296 g/mol. The lowest BCUT2D eigenvalue weighted by Crippen LogP contribution is -2.46. The Hall–Kier alpha value is -1.19. The van der Waals surface area contributed by atoms with Gasteiger partial charge in [0.05, 0.1) is 0 Å². The summed E-state index contributed by atoms with van der Waals surface area (Å²) in [4.78, 5) is 16.9. The quantitative estimate of drug-likeness (QED) is 0.721. The van der Waals surface area contributed by atoms with Crippen LogP contribution in [-0.4, -0.2) is 48.3 Å². The molecule has 2 rings (SSSR count). The van der Waals surface area contributed by atoms with Crippen molar-refractivity contribution in [1.82, 2.24) is 9.80 Å². The summed E-state index contributed by atoms with van der Waals surface area (Å²) >= 11 is 0. The smallest absolute Gasteiger partial charge is 0.136 e. The second kappa shape index (κ2) is 9.33. The number of Topliss-reactive ketones (excluding diaryl/α,β-unsaturated/α-hetero) is 1. The van der Waals surface area contributed by atoms with Crippen molar-refractivity contribution in [2.75, 3.05) is 32.7 Å². The standard InChI is InChI=1S/C21H34N2O/c1-5-18(4)21(24)10-11-22-12-14-23(15-13-22)16-19-6-8-20(9-7-19)17(2)3/h6-9,17-18H,5,10-16H2,1-4H3. The summed E-state index contributed by atoms with van der Waals surface area (Å²) in [6.45, 7) is 14.9. The first-order chi connectivity index (χ1) is 11.5. The van der Waals surface area contributed by atoms with E-state index < -0.39 is 0 Å². The number of nitrogens with zero attached hydrogens (tertiary/aromatic N) is 2. The molecule has 0 spiro atoms. The Morgan fingerprint density at radius 2 is 1.58 bits per heavy atom. The fourth-order valence-electron chi connectivity index (χ4n) is 3.18. The van der Waals surface area contributed by atoms with Crippen LogP contribution >= 0.6 is 0 Å². The fourth-order valence-corrected chi connectivity index (χ4v) is 3.18. The molecule has 1 aromatic rings. The van der Waals surface area contributed by atoms with Gasteiger partial charge in [0.25, 0.3) is 0 Å². The van der Waals surface area contributed by atoms with Crippen LogP contribution in [0.4, 0.5) is 0 Å². The van der Waals surface area contributed by atoms with E-state index in [1.54, 1.807) is 0 Å². The van der Waals surface area contributed by atoms with E-state index >= 15 is 0 Å². The molecule has 1 fully saturated rings. The summed E-state index contributed by atoms with van der Waals surface area (Å²) in [6.07, 6.45) is 1.67. The maximum atomic E-state index is 12.0. The normalized spacial score (nSPS) is 18.0. The van der Waals surface area contributed by atoms with Crippen molar-refractivity contribution in [3.05, 3.63) is 35.4 Å². The van der Waals surface area contributed by atoms with Crippen LogP contribution in [0.3, 0.4) is 0 Å². The molecule has 1 atom stereocenters. The first kappa shape index (κ1) is 19.1. The summed E-state index contributed by atoms with van der Waals surface area (Å²) in [5.74, 6) is 1.24. The van der Waals surface area contributed by atoms with E-state index in [9.17, 15) is 4.79 Å². The number of carbonyl (C=O) groups is 1. The van der Waals surface area contributed by atoms with Gasteiger partial charge in [0.2, 0.25) is 0 Å². The predicted octanol–water partition coefficient (Wildman–Crippen LogP) is 3.93. The molecule has 134 valence electrons. The molecule has 0 bridgehead atoms. The fraction of sp³-hybridized carbons (Fsp3) is 0.667. The highest BCUT2D eigenvalue weighted by Gasteiger charge is 2.18. The minimum absolute atomic E-state index is 0.222. The molecule has 1 saturated heterocycles. The molecule has 3 heteroatoms. The van der Waals surface area contributed by atoms with Crippen molar-refractivity contribution in [3.63, 3.8) is 0 Å². The summed E-state index contributed by atoms with van der Waals surface area (Å²) < 4.78 is 0. The van der Waals surface area contributed by atoms with Crippen LogP contribution in [-0.2, 0) is 11.3 Å². The van der Waals surface area contributed by atoms with Gasteiger partial charge in [-0.05, 0) is 23.5 Å². The van der Waals surface area contributed by atoms with E-state index in [1.807, 2.05) is 6.92 Å². The van der Waals surface area contributed by atoms with Gasteiger partial charge in [-0.1, -0.05) is 52.0 Å². The van der Waals surface area contributed by atoms with Gasteiger partial charge in [-0.3, -0.25) is 9.69 Å². The Balaban J connectivity index is 1.71. The number of hydrogen-bond acceptors (Lipinski definition) is 3. The van der Waals surface area contributed by atoms with Crippen molar-refractivity contribution in [3.8, 4) is 0 Å². The highest BCUT2D eigenvalue weighted by atomic mass is 16.1. The lowest BCUT2D eigenvalue weighted by atomic mass is 10.0. The lowest BCUT2D eigenvalue weighted by Gasteiger charge is -2.34. The molecule has 1 aromatic carbocycles. The zero-order valence-corrected chi connectivity index (χ0v) is 15.9. The summed E-state index contributed by atoms with van der Waals surface area (Å²) in [5.41, 5.74) is 2.81. The molecule has 0 aromatic heterocycles. The molecule has 3 nitrogen and oxygen atoms in total. The molecule has 1 unspecified atom stereocenters. The van der Waals surface area contributed by atoms with Crippen LogP contribution in [0.5, 0.6) is 0 Å². The summed E-state index contributed by atoms with van der Waals surface area (Å²) in [5, 5.41) is 0. The minimum atomic E-state index is 0.222. The first-order valence-corrected chi connectivity index (χ1v) is 9.55. The summed E-state index contributed by atoms with van der Waals surface area (Å²) in [7, 11) is 0. The molecule has 0 N–H and O–H groups in total. The molecule has 0 aliphatic carbocycles. The maximum Gasteiger partial charge on any atom is 0.136 e. The Kier molecular flexibility index (Phi) is 7.44. The van der Waals surface area contributed by atoms with Gasteiger partial charge in [0.1, 0.15) is 5.78 Å². The van der Waals surface area contributed by atoms with Gasteiger partial charge in [0.15, 0.2) is 0 Å². The topological polar surface area (TPSA) is 23.6 Å². The van der Waals surface area contributed by atoms with Crippen molar-refractivity contribution in [2.24, 2.45) is 5.92 Å². The lowest BCUT2D eigenvalue weighted by molar-refractivity contribution is -0.122. The van der Waals surface area contributed by atoms with Crippen molar-refractivity contribution >= 4 is 5.78 Å². The van der Waals surface area contributed by atoms with Crippen LogP contribution in [0, 0.1) is 5.92 Å². The van der Waals surface area contributed by atoms with Crippen LogP contribution in [0.2, 0.25) is 0 Å². The van der Waals surface area contributed by atoms with E-state index in [-0.39, 0.29) is 5.92 Å². The van der Waals surface area contributed by atoms with E-state index in [0.29, 0.717) is 18.1 Å². The van der Waals surface area contributed by atoms with Crippen LogP contribution < -0.4 is 0 Å². The molecule has 24 heavy (non-hydrogen) atoms. The Morgan fingerprint density at radius 3 is 2.12 bits per heavy atom. The highest BCUT2D eigenvalue weighted by Crippen LogP contribution is 2.16. The van der Waals surface area contributed by atoms with Crippen LogP contribution in [0.1, 0.15) is 57.6 Å². The number of benzene rings is 1. The van der Waals surface area contributed by atoms with Crippen molar-refractivity contribution in [1.29, 1.82) is 0 Å². The van der Waals surface area contributed by atoms with Gasteiger partial charge in [0, 0.05) is 51.6 Å². The minimum Gasteiger partial charge on any atom is -0.300 e. The van der Waals surface area contributed by atoms with Crippen LogP contribution in [0.15, 0.2) is 24.3 Å². The van der Waals surface area contributed by atoms with Crippen molar-refractivity contribution < 1.29 is 4.79 Å². The molecule has 1 aliphatic rings. The number of carbonyl (C=O) groups excluding carboxylic acids is 1. The number of ketones is 1. The van der Waals surface area contributed by atoms with Gasteiger partial charge in [-0.25, -0.2) is 0 Å². The molecule has 0 radical (unpaired) electrons. The Bertz CT molecular complexity index is 501. The Labute approximate surface area is 148 Å². The third-order valence-electron chi connectivity index (χ3n) is 5.35. The summed E-state index contributed by atoms with van der Waals surface area (Å²) in [6, 6.07) is 9.06. The van der Waals surface area contributed by atoms with Gasteiger partial charge < -0.3 is 4.90 Å². The van der Waals surface area contributed by atoms with Gasteiger partial charge in [-0.15, -0.1) is 0 Å². The average Bonchev–Trinajstić information content (AvgIpc) is 2.60. The van der Waals surface area contributed by atoms with Gasteiger partial charge in [-0.2, -0.15) is 0 Å². The number of hydrogen-bond donors (Lipinski definition) is 0. The zero-order valence-electron chi connectivity index (χ0n) is 15.9. The highest BCUT2D eigenvalue weighted by molar-refractivity contribution is 5.80. The third kappa shape index (κ3) is 5.71. The monoisotopic (exact) mass is 330 g/mol. The molecule has 0 amide bonds. The maximum absolute atomic E-state index is 12.0. The van der Waals surface area contributed by atoms with Gasteiger partial charge >= 0.3 is 0 Å². The largest absolute Gasteiger partial charge is 0.300 e. The number of piperazine rings is 1. The van der Waals surface area contributed by atoms with E-state index in [0.717, 1.165) is 45.7 Å². The first-order valence-electron chi connectivity index (χ1n) is 9.55. The van der Waals surface area contributed by atoms with Crippen molar-refractivity contribution in [2.45, 2.75) is 53.0 Å². The Morgan fingerprint density at radius 1 is 1.00 bits per heavy atom. The third-order valence-corrected chi connectivity index (χ3v) is 5.35. The second-order valence-electron chi connectivity index (χ2n) is 7.54. The molecule has 0 saturated carbocycles. The van der Waals surface area contributed by atoms with E-state index in [1.165, 1.54) is 11.1 Å². The van der Waals surface area contributed by atoms with Crippen LogP contribution in [0.25, 0.3) is 0 Å². The number of rotatable bonds is 8. The van der Waals surface area contributed by atoms with E-state index in [2.05, 4.69) is 54.8 Å². The molecule has 1 aliphatic heterocycles. The molecule has 1 heterocycles. The average molecular weight is 331 g/mol. The zero-order chi connectivity index (χ0) is 17.5. The second-order valence-corrected chi connectivity index (χ2v) is 7.54. The SMILES string of the molecule is CCC(C)C(=O)CCN1CCN(Cc2ccc(C(C)C)cc2)CC1. The molecular formula is C21H34N2O.